The average Bonchev–Trinajstić information content (AvgIpc) is 0.726. The summed E-state index contributed by atoms with van der Waals surface area (Å²) in [6.45, 7) is 0. The molecule has 0 aliphatic heterocycles. The predicted octanol–water partition coefficient (Wildman–Crippen LogP) is 31.3. The minimum atomic E-state index is 0.622. The zero-order valence-electron chi connectivity index (χ0n) is 70.3. The minimum Gasteiger partial charge on any atom is -0.264 e. The number of aromatic nitrogens is 9. The van der Waals surface area contributed by atoms with Gasteiger partial charge in [-0.1, -0.05) is 382 Å². The molecule has 0 spiro atoms. The Morgan fingerprint density at radius 3 is 1.21 bits per heavy atom. The molecular weight excluding hydrogens is 1580 g/mol. The molecule has 0 atom stereocenters. The van der Waals surface area contributed by atoms with Gasteiger partial charge in [0.2, 0.25) is 0 Å². The summed E-state index contributed by atoms with van der Waals surface area (Å²) in [7, 11) is 0. The van der Waals surface area contributed by atoms with Gasteiger partial charge in [-0.3, -0.25) is 15.0 Å². The van der Waals surface area contributed by atoms with E-state index in [0.29, 0.717) is 17.5 Å². The Kier molecular flexibility index (Phi) is 19.1. The van der Waals surface area contributed by atoms with Gasteiger partial charge in [0, 0.05) is 90.7 Å². The molecule has 26 rings (SSSR count). The van der Waals surface area contributed by atoms with E-state index in [9.17, 15) is 0 Å². The third kappa shape index (κ3) is 13.8. The molecule has 0 aliphatic carbocycles. The maximum atomic E-state index is 5.28. The standard InChI is InChI=1S/C46H28N4.C42H26N2.C33H21N3/c1-6-16-36-29(11-1)25-26-47-43(36)30-21-23-31(24-22-30)44-48-45(41-27-32-12-2-4-14-34(32)37-17-7-9-19-39(37)41)50-46(49-44)42-28-33-13-3-5-15-35(33)38-18-8-10-20-40(38)42;1-2-9-32-26-33(22-15-27(32)8-1)40-36-13-5-3-11-34(36)39(35-12-4-6-14-37(35)40)29-18-16-28(17-19-29)38-24-23-31-21-20-30-10-7-25-43-41(30)42(31)44-38;1-3-11-27-23(7-1)9-5-13-29(27)32-30-19-18-24-8-2-4-12-28(24)31(30)35-33(36-32)25-16-14-22(15-17-25)26-10-6-20-34-21-26/h1-28H;1-26H;1-21H. The van der Waals surface area contributed by atoms with Gasteiger partial charge in [0.15, 0.2) is 23.3 Å². The number of benzene rings is 20. The van der Waals surface area contributed by atoms with Crippen molar-refractivity contribution in [3.05, 3.63) is 455 Å². The highest BCUT2D eigenvalue weighted by molar-refractivity contribution is 6.23. The van der Waals surface area contributed by atoms with Crippen LogP contribution in [0.25, 0.3) is 253 Å². The topological polar surface area (TPSA) is 116 Å². The van der Waals surface area contributed by atoms with Crippen molar-refractivity contribution in [1.29, 1.82) is 0 Å². The van der Waals surface area contributed by atoms with Crippen LogP contribution in [0.4, 0.5) is 0 Å². The molecule has 6 aromatic heterocycles. The molecule has 0 N–H and O–H groups in total. The molecule has 9 nitrogen and oxygen atoms in total. The fourth-order valence-electron chi connectivity index (χ4n) is 19.1. The Balaban J connectivity index is 0.000000109. The Morgan fingerprint density at radius 1 is 0.154 bits per heavy atom. The van der Waals surface area contributed by atoms with E-state index in [1.54, 1.807) is 6.20 Å². The molecule has 0 amide bonds. The second-order valence-electron chi connectivity index (χ2n) is 33.0. The SMILES string of the molecule is c1ccc2c(-c3ccc(-c4nc(-c5cc6ccccc6c6ccccc56)nc(-c5cc6ccccc6c6ccccc56)n4)cc3)nccc2c1.c1ccc2cc(-c3c4ccccc4c(-c4ccc(-c5ccc6ccc7cccnc7c6n5)cc4)c4ccccc34)ccc2c1.c1cncc(-c2ccc(-c3nc(-c4cccc5ccccc45)c4ccc5ccccc5c4n3)cc2)c1. The lowest BCUT2D eigenvalue weighted by Gasteiger charge is -2.18. The van der Waals surface area contributed by atoms with Crippen molar-refractivity contribution < 1.29 is 0 Å². The van der Waals surface area contributed by atoms with Crippen LogP contribution in [-0.4, -0.2) is 44.9 Å². The van der Waals surface area contributed by atoms with E-state index in [1.165, 1.54) is 97.7 Å². The number of hydrogen-bond acceptors (Lipinski definition) is 9. The highest BCUT2D eigenvalue weighted by atomic mass is 15.0. The van der Waals surface area contributed by atoms with Crippen molar-refractivity contribution in [3.63, 3.8) is 0 Å². The van der Waals surface area contributed by atoms with Crippen molar-refractivity contribution >= 4 is 140 Å². The van der Waals surface area contributed by atoms with Crippen molar-refractivity contribution in [2.75, 3.05) is 0 Å². The number of rotatable bonds is 10. The highest BCUT2D eigenvalue weighted by Gasteiger charge is 2.23. The first kappa shape index (κ1) is 76.1. The highest BCUT2D eigenvalue weighted by Crippen LogP contribution is 2.47. The normalized spacial score (nSPS) is 11.5. The van der Waals surface area contributed by atoms with Gasteiger partial charge in [-0.05, 0) is 179 Å². The van der Waals surface area contributed by atoms with Gasteiger partial charge in [-0.15, -0.1) is 0 Å². The van der Waals surface area contributed by atoms with Crippen LogP contribution in [0.2, 0.25) is 0 Å². The van der Waals surface area contributed by atoms with Gasteiger partial charge in [0.05, 0.1) is 33.6 Å². The minimum absolute atomic E-state index is 0.622. The van der Waals surface area contributed by atoms with Crippen molar-refractivity contribution in [1.82, 2.24) is 44.9 Å². The summed E-state index contributed by atoms with van der Waals surface area (Å²) in [6, 6.07) is 152. The lowest BCUT2D eigenvalue weighted by Crippen LogP contribution is -2.01. The summed E-state index contributed by atoms with van der Waals surface area (Å²) in [5.41, 5.74) is 20.0. The van der Waals surface area contributed by atoms with Gasteiger partial charge in [-0.25, -0.2) is 29.9 Å². The first-order valence-electron chi connectivity index (χ1n) is 43.8. The maximum absolute atomic E-state index is 5.28. The first-order valence-corrected chi connectivity index (χ1v) is 43.8. The van der Waals surface area contributed by atoms with Crippen LogP contribution in [0, 0.1) is 0 Å². The van der Waals surface area contributed by atoms with Crippen LogP contribution >= 0.6 is 0 Å². The largest absolute Gasteiger partial charge is 0.264 e. The molecule has 26 aromatic rings. The van der Waals surface area contributed by atoms with E-state index in [1.807, 2.05) is 36.8 Å². The fourth-order valence-corrected chi connectivity index (χ4v) is 19.1. The Hall–Kier alpha value is -17.5. The zero-order valence-corrected chi connectivity index (χ0v) is 70.3. The number of pyridine rings is 4. The number of fused-ring (bicyclic) bond motifs is 17. The molecule has 0 saturated heterocycles. The van der Waals surface area contributed by atoms with Gasteiger partial charge in [-0.2, -0.15) is 0 Å². The van der Waals surface area contributed by atoms with Gasteiger partial charge in [0.25, 0.3) is 0 Å². The molecule has 0 saturated carbocycles. The summed E-state index contributed by atoms with van der Waals surface area (Å²) in [6.07, 6.45) is 7.38. The van der Waals surface area contributed by atoms with Crippen LogP contribution in [-0.2, 0) is 0 Å². The molecule has 604 valence electrons. The second kappa shape index (κ2) is 32.5. The van der Waals surface area contributed by atoms with E-state index in [4.69, 9.17) is 34.9 Å². The third-order valence-corrected chi connectivity index (χ3v) is 25.4. The van der Waals surface area contributed by atoms with Crippen LogP contribution in [0.1, 0.15) is 0 Å². The van der Waals surface area contributed by atoms with Gasteiger partial charge >= 0.3 is 0 Å². The van der Waals surface area contributed by atoms with E-state index >= 15 is 0 Å². The van der Waals surface area contributed by atoms with E-state index in [-0.39, 0.29) is 0 Å². The van der Waals surface area contributed by atoms with Crippen molar-refractivity contribution in [2.24, 2.45) is 0 Å². The smallest absolute Gasteiger partial charge is 0.164 e. The summed E-state index contributed by atoms with van der Waals surface area (Å²) in [4.78, 5) is 44.7. The average molecular weight is 1650 g/mol. The van der Waals surface area contributed by atoms with E-state index in [2.05, 4.69) is 422 Å². The summed E-state index contributed by atoms with van der Waals surface area (Å²) >= 11 is 0. The summed E-state index contributed by atoms with van der Waals surface area (Å²) in [5, 5.41) is 27.0. The van der Waals surface area contributed by atoms with Gasteiger partial charge < -0.3 is 0 Å². The molecule has 0 bridgehead atoms. The fraction of sp³-hybridized carbons (Fsp3) is 0. The van der Waals surface area contributed by atoms with Crippen LogP contribution < -0.4 is 0 Å². The zero-order chi connectivity index (χ0) is 86.0. The lowest BCUT2D eigenvalue weighted by atomic mass is 9.85. The number of hydrogen-bond donors (Lipinski definition) is 0. The molecule has 20 aromatic carbocycles. The molecule has 0 radical (unpaired) electrons. The van der Waals surface area contributed by atoms with Crippen molar-refractivity contribution in [2.45, 2.75) is 0 Å². The number of nitrogens with zero attached hydrogens (tertiary/aromatic N) is 9. The Labute approximate surface area is 748 Å². The first-order chi connectivity index (χ1) is 64.4. The van der Waals surface area contributed by atoms with Crippen LogP contribution in [0.5, 0.6) is 0 Å². The predicted molar refractivity (Wildman–Crippen MR) is 541 cm³/mol. The second-order valence-corrected chi connectivity index (χ2v) is 33.0. The molecule has 0 fully saturated rings. The van der Waals surface area contributed by atoms with Crippen LogP contribution in [0.15, 0.2) is 455 Å². The summed E-state index contributed by atoms with van der Waals surface area (Å²) in [5.74, 6) is 2.63. The molecule has 6 heterocycles. The van der Waals surface area contributed by atoms with E-state index < -0.39 is 0 Å². The molecule has 9 heteroatoms. The molecular formula is C121H75N9. The Bertz CT molecular complexity index is 8790. The lowest BCUT2D eigenvalue weighted by molar-refractivity contribution is 1.08. The Morgan fingerprint density at radius 2 is 0.585 bits per heavy atom. The van der Waals surface area contributed by atoms with E-state index in [0.717, 1.165) is 138 Å². The molecule has 0 unspecified atom stereocenters. The van der Waals surface area contributed by atoms with Gasteiger partial charge in [0.1, 0.15) is 0 Å². The third-order valence-electron chi connectivity index (χ3n) is 25.4. The van der Waals surface area contributed by atoms with Crippen molar-refractivity contribution in [3.8, 4) is 113 Å². The monoisotopic (exact) mass is 1650 g/mol. The van der Waals surface area contributed by atoms with Crippen LogP contribution in [0.3, 0.4) is 0 Å². The molecule has 130 heavy (non-hydrogen) atoms. The summed E-state index contributed by atoms with van der Waals surface area (Å²) < 4.78 is 0. The molecule has 0 aliphatic rings. The maximum Gasteiger partial charge on any atom is 0.164 e. The quantitative estimate of drug-likeness (QED) is 0.0975.